The van der Waals surface area contributed by atoms with E-state index in [0.717, 1.165) is 6.07 Å². The normalized spacial score (nSPS) is 11.2. The summed E-state index contributed by atoms with van der Waals surface area (Å²) in [5.41, 5.74) is 2.31. The Hall–Kier alpha value is -2.41. The number of amides is 1. The molecule has 0 aliphatic heterocycles. The highest BCUT2D eigenvalue weighted by Gasteiger charge is 2.21. The Labute approximate surface area is 141 Å². The molecule has 2 rings (SSSR count). The van der Waals surface area contributed by atoms with Crippen LogP contribution in [0, 0.1) is 26.6 Å². The van der Waals surface area contributed by atoms with Gasteiger partial charge in [-0.1, -0.05) is 6.07 Å². The van der Waals surface area contributed by atoms with Crippen LogP contribution in [0.15, 0.2) is 35.2 Å². The van der Waals surface area contributed by atoms with Gasteiger partial charge in [0, 0.05) is 12.6 Å². The highest BCUT2D eigenvalue weighted by molar-refractivity contribution is 7.92. The van der Waals surface area contributed by atoms with Gasteiger partial charge in [0.15, 0.2) is 0 Å². The number of rotatable bonds is 4. The zero-order valence-corrected chi connectivity index (χ0v) is 14.7. The highest BCUT2D eigenvalue weighted by atomic mass is 32.2. The molecule has 0 radical (unpaired) electrons. The van der Waals surface area contributed by atoms with Crippen molar-refractivity contribution in [3.8, 4) is 0 Å². The molecule has 0 heterocycles. The molecule has 128 valence electrons. The van der Waals surface area contributed by atoms with Crippen molar-refractivity contribution < 1.29 is 17.6 Å². The third-order valence-corrected chi connectivity index (χ3v) is 5.16. The van der Waals surface area contributed by atoms with Gasteiger partial charge in [-0.25, -0.2) is 12.8 Å². The minimum atomic E-state index is -3.89. The van der Waals surface area contributed by atoms with E-state index < -0.39 is 15.8 Å². The maximum absolute atomic E-state index is 13.4. The predicted octanol–water partition coefficient (Wildman–Crippen LogP) is 3.51. The molecule has 0 aromatic heterocycles. The van der Waals surface area contributed by atoms with Crippen LogP contribution < -0.4 is 10.0 Å². The van der Waals surface area contributed by atoms with Crippen molar-refractivity contribution in [3.63, 3.8) is 0 Å². The molecule has 5 nitrogen and oxygen atoms in total. The van der Waals surface area contributed by atoms with Gasteiger partial charge < -0.3 is 5.32 Å². The van der Waals surface area contributed by atoms with Crippen LogP contribution >= 0.6 is 0 Å². The molecule has 0 saturated heterocycles. The van der Waals surface area contributed by atoms with E-state index in [0.29, 0.717) is 22.4 Å². The molecule has 7 heteroatoms. The standard InChI is InChI=1S/C17H19FN2O3S/c1-10-5-6-14(18)9-16(10)20-24(22,23)17-11(2)7-15(8-12(17)3)19-13(4)21/h5-9,20H,1-4H3,(H,19,21). The molecule has 2 aromatic carbocycles. The fourth-order valence-corrected chi connectivity index (χ4v) is 4.13. The van der Waals surface area contributed by atoms with Crippen LogP contribution in [-0.2, 0) is 14.8 Å². The number of benzene rings is 2. The molecule has 0 aliphatic carbocycles. The van der Waals surface area contributed by atoms with Crippen molar-refractivity contribution in [2.24, 2.45) is 0 Å². The van der Waals surface area contributed by atoms with Crippen LogP contribution in [0.5, 0.6) is 0 Å². The number of anilines is 2. The summed E-state index contributed by atoms with van der Waals surface area (Å²) < 4.78 is 41.3. The van der Waals surface area contributed by atoms with Gasteiger partial charge in [0.2, 0.25) is 5.91 Å². The summed E-state index contributed by atoms with van der Waals surface area (Å²) in [5, 5.41) is 2.63. The zero-order valence-electron chi connectivity index (χ0n) is 13.9. The van der Waals surface area contributed by atoms with Gasteiger partial charge in [-0.15, -0.1) is 0 Å². The van der Waals surface area contributed by atoms with E-state index in [9.17, 15) is 17.6 Å². The topological polar surface area (TPSA) is 75.3 Å². The number of hydrogen-bond acceptors (Lipinski definition) is 3. The van der Waals surface area contributed by atoms with Gasteiger partial charge >= 0.3 is 0 Å². The quantitative estimate of drug-likeness (QED) is 0.886. The fourth-order valence-electron chi connectivity index (χ4n) is 2.55. The third kappa shape index (κ3) is 3.91. The van der Waals surface area contributed by atoms with Crippen LogP contribution in [0.4, 0.5) is 15.8 Å². The first-order valence-electron chi connectivity index (χ1n) is 7.28. The number of halogens is 1. The minimum absolute atomic E-state index is 0.111. The number of hydrogen-bond donors (Lipinski definition) is 2. The summed E-state index contributed by atoms with van der Waals surface area (Å²) >= 11 is 0. The van der Waals surface area contributed by atoms with Crippen LogP contribution in [0.3, 0.4) is 0 Å². The van der Waals surface area contributed by atoms with Crippen molar-refractivity contribution in [2.75, 3.05) is 10.0 Å². The SMILES string of the molecule is CC(=O)Nc1cc(C)c(S(=O)(=O)Nc2cc(F)ccc2C)c(C)c1. The first-order chi connectivity index (χ1) is 11.1. The lowest BCUT2D eigenvalue weighted by Crippen LogP contribution is -2.17. The molecule has 0 fully saturated rings. The molecule has 0 unspecified atom stereocenters. The summed E-state index contributed by atoms with van der Waals surface area (Å²) in [6.07, 6.45) is 0. The number of nitrogens with one attached hydrogen (secondary N) is 2. The molecule has 0 spiro atoms. The molecule has 24 heavy (non-hydrogen) atoms. The third-order valence-electron chi connectivity index (χ3n) is 3.49. The molecule has 1 amide bonds. The van der Waals surface area contributed by atoms with E-state index in [4.69, 9.17) is 0 Å². The number of carbonyl (C=O) groups excluding carboxylic acids is 1. The molecule has 2 aromatic rings. The monoisotopic (exact) mass is 350 g/mol. The number of aryl methyl sites for hydroxylation is 3. The lowest BCUT2D eigenvalue weighted by molar-refractivity contribution is -0.114. The van der Waals surface area contributed by atoms with E-state index in [1.54, 1.807) is 32.9 Å². The summed E-state index contributed by atoms with van der Waals surface area (Å²) in [5.74, 6) is -0.759. The van der Waals surface area contributed by atoms with Gasteiger partial charge in [0.05, 0.1) is 10.6 Å². The summed E-state index contributed by atoms with van der Waals surface area (Å²) in [6.45, 7) is 6.36. The van der Waals surface area contributed by atoms with Gasteiger partial charge in [0.25, 0.3) is 10.0 Å². The summed E-state index contributed by atoms with van der Waals surface area (Å²) in [7, 11) is -3.89. The van der Waals surface area contributed by atoms with Crippen molar-refractivity contribution in [2.45, 2.75) is 32.6 Å². The molecule has 0 aliphatic rings. The molecule has 0 saturated carbocycles. The Bertz CT molecular complexity index is 885. The van der Waals surface area contributed by atoms with Gasteiger partial charge in [-0.3, -0.25) is 9.52 Å². The van der Waals surface area contributed by atoms with Crippen molar-refractivity contribution >= 4 is 27.3 Å². The van der Waals surface area contributed by atoms with Crippen molar-refractivity contribution in [1.29, 1.82) is 0 Å². The molecular formula is C17H19FN2O3S. The second-order valence-corrected chi connectivity index (χ2v) is 7.30. The van der Waals surface area contributed by atoms with Crippen LogP contribution in [0.25, 0.3) is 0 Å². The smallest absolute Gasteiger partial charge is 0.262 e. The summed E-state index contributed by atoms with van der Waals surface area (Å²) in [4.78, 5) is 11.3. The first-order valence-corrected chi connectivity index (χ1v) is 8.76. The van der Waals surface area contributed by atoms with Crippen LogP contribution in [0.1, 0.15) is 23.6 Å². The first kappa shape index (κ1) is 17.9. The summed E-state index contributed by atoms with van der Waals surface area (Å²) in [6, 6.07) is 7.09. The average molecular weight is 350 g/mol. The fraction of sp³-hybridized carbons (Fsp3) is 0.235. The Morgan fingerprint density at radius 3 is 2.12 bits per heavy atom. The molecule has 2 N–H and O–H groups in total. The Kier molecular flexibility index (Phi) is 4.94. The minimum Gasteiger partial charge on any atom is -0.326 e. The van der Waals surface area contributed by atoms with Crippen LogP contribution in [0.2, 0.25) is 0 Å². The molecule has 0 bridgehead atoms. The lowest BCUT2D eigenvalue weighted by Gasteiger charge is -2.16. The second-order valence-electron chi connectivity index (χ2n) is 5.69. The number of sulfonamides is 1. The van der Waals surface area contributed by atoms with E-state index in [1.165, 1.54) is 19.1 Å². The number of carbonyl (C=O) groups is 1. The Balaban J connectivity index is 2.46. The second kappa shape index (κ2) is 6.60. The Morgan fingerprint density at radius 2 is 1.58 bits per heavy atom. The highest BCUT2D eigenvalue weighted by Crippen LogP contribution is 2.27. The van der Waals surface area contributed by atoms with Gasteiger partial charge in [-0.2, -0.15) is 0 Å². The molecular weight excluding hydrogens is 331 g/mol. The van der Waals surface area contributed by atoms with Gasteiger partial charge in [0.1, 0.15) is 5.82 Å². The predicted molar refractivity (Wildman–Crippen MR) is 92.2 cm³/mol. The van der Waals surface area contributed by atoms with Crippen molar-refractivity contribution in [3.05, 3.63) is 52.8 Å². The van der Waals surface area contributed by atoms with E-state index in [2.05, 4.69) is 10.0 Å². The van der Waals surface area contributed by atoms with E-state index >= 15 is 0 Å². The average Bonchev–Trinajstić information content (AvgIpc) is 2.40. The van der Waals surface area contributed by atoms with Crippen LogP contribution in [-0.4, -0.2) is 14.3 Å². The van der Waals surface area contributed by atoms with Gasteiger partial charge in [-0.05, 0) is 61.7 Å². The zero-order chi connectivity index (χ0) is 18.1. The lowest BCUT2D eigenvalue weighted by atomic mass is 10.1. The maximum Gasteiger partial charge on any atom is 0.262 e. The maximum atomic E-state index is 13.4. The Morgan fingerprint density at radius 1 is 1.00 bits per heavy atom. The largest absolute Gasteiger partial charge is 0.326 e. The van der Waals surface area contributed by atoms with E-state index in [1.807, 2.05) is 0 Å². The van der Waals surface area contributed by atoms with Crippen molar-refractivity contribution in [1.82, 2.24) is 0 Å². The molecule has 0 atom stereocenters. The van der Waals surface area contributed by atoms with E-state index in [-0.39, 0.29) is 16.5 Å².